The minimum Gasteiger partial charge on any atom is -0.359 e. The summed E-state index contributed by atoms with van der Waals surface area (Å²) in [4.78, 5) is 15.8. The van der Waals surface area contributed by atoms with Crippen LogP contribution in [0.25, 0.3) is 10.9 Å². The fourth-order valence-electron chi connectivity index (χ4n) is 3.13. The molecule has 0 saturated heterocycles. The summed E-state index contributed by atoms with van der Waals surface area (Å²) in [5.41, 5.74) is 4.01. The van der Waals surface area contributed by atoms with Crippen molar-refractivity contribution in [3.8, 4) is 0 Å². The van der Waals surface area contributed by atoms with E-state index in [9.17, 15) is 4.79 Å². The lowest BCUT2D eigenvalue weighted by atomic mass is 9.86. The van der Waals surface area contributed by atoms with Gasteiger partial charge in [-0.15, -0.1) is 0 Å². The number of nitrogens with zero attached hydrogens (tertiary/aromatic N) is 1. The number of hydrogen-bond donors (Lipinski definition) is 3. The highest BCUT2D eigenvalue weighted by Crippen LogP contribution is 2.32. The predicted octanol–water partition coefficient (Wildman–Crippen LogP) is 2.95. The van der Waals surface area contributed by atoms with Crippen molar-refractivity contribution in [2.45, 2.75) is 25.2 Å². The van der Waals surface area contributed by atoms with Gasteiger partial charge in [0, 0.05) is 28.4 Å². The molecule has 3 aromatic rings. The number of aromatic amines is 2. The zero-order chi connectivity index (χ0) is 14.2. The van der Waals surface area contributed by atoms with Crippen molar-refractivity contribution in [2.24, 2.45) is 0 Å². The molecule has 21 heavy (non-hydrogen) atoms. The number of para-hydroxylation sites is 1. The number of hydrogen-bond acceptors (Lipinski definition) is 2. The first kappa shape index (κ1) is 12.2. The summed E-state index contributed by atoms with van der Waals surface area (Å²) in [7, 11) is 0. The molecule has 1 aliphatic rings. The first-order valence-electron chi connectivity index (χ1n) is 7.22. The summed E-state index contributed by atoms with van der Waals surface area (Å²) in [5.74, 6) is -0.0664. The molecule has 1 amide bonds. The Bertz CT molecular complexity index is 801. The molecular formula is C16H16N4O. The van der Waals surface area contributed by atoms with Crippen LogP contribution in [0.3, 0.4) is 0 Å². The van der Waals surface area contributed by atoms with E-state index in [1.165, 1.54) is 0 Å². The van der Waals surface area contributed by atoms with E-state index in [0.29, 0.717) is 0 Å². The number of aromatic nitrogens is 3. The molecule has 0 saturated carbocycles. The summed E-state index contributed by atoms with van der Waals surface area (Å²) in [6.07, 6.45) is 6.50. The van der Waals surface area contributed by atoms with Crippen LogP contribution in [0, 0.1) is 0 Å². The molecule has 0 spiro atoms. The fraction of sp³-hybridized carbons (Fsp3) is 0.250. The highest BCUT2D eigenvalue weighted by molar-refractivity contribution is 6.03. The van der Waals surface area contributed by atoms with E-state index in [4.69, 9.17) is 0 Å². The Hall–Kier alpha value is -2.56. The molecule has 0 radical (unpaired) electrons. The summed E-state index contributed by atoms with van der Waals surface area (Å²) in [6.45, 7) is 0. The Morgan fingerprint density at radius 1 is 1.33 bits per heavy atom. The Labute approximate surface area is 121 Å². The summed E-state index contributed by atoms with van der Waals surface area (Å²) in [5, 5.41) is 11.2. The number of rotatable bonds is 2. The topological polar surface area (TPSA) is 73.6 Å². The van der Waals surface area contributed by atoms with E-state index in [1.807, 2.05) is 30.5 Å². The summed E-state index contributed by atoms with van der Waals surface area (Å²) < 4.78 is 0. The Kier molecular flexibility index (Phi) is 2.77. The number of amides is 1. The first-order chi connectivity index (χ1) is 10.3. The van der Waals surface area contributed by atoms with Crippen LogP contribution in [-0.4, -0.2) is 21.1 Å². The van der Waals surface area contributed by atoms with Gasteiger partial charge in [0.15, 0.2) is 0 Å². The van der Waals surface area contributed by atoms with Gasteiger partial charge in [-0.05, 0) is 25.3 Å². The second-order valence-electron chi connectivity index (χ2n) is 5.49. The molecule has 0 bridgehead atoms. The number of H-pyrrole nitrogens is 2. The number of nitrogens with one attached hydrogen (secondary N) is 3. The number of aryl methyl sites for hydroxylation is 1. The van der Waals surface area contributed by atoms with Gasteiger partial charge in [-0.2, -0.15) is 5.10 Å². The molecule has 1 unspecified atom stereocenters. The maximum Gasteiger partial charge on any atom is 0.232 e. The standard InChI is InChI=1S/C16H16N4O/c21-16(10-5-3-7-14-12(10)8-18-20-14)19-15-9-17-13-6-2-1-4-11(13)15/h1-2,4,6,8-10,17H,3,5,7H2,(H,18,20)(H,19,21). The van der Waals surface area contributed by atoms with Crippen LogP contribution < -0.4 is 5.32 Å². The smallest absolute Gasteiger partial charge is 0.232 e. The number of carbonyl (C=O) groups excluding carboxylic acids is 1. The molecule has 106 valence electrons. The molecule has 1 atom stereocenters. The van der Waals surface area contributed by atoms with Gasteiger partial charge >= 0.3 is 0 Å². The predicted molar refractivity (Wildman–Crippen MR) is 81.2 cm³/mol. The molecule has 3 N–H and O–H groups in total. The third kappa shape index (κ3) is 2.01. The third-order valence-corrected chi connectivity index (χ3v) is 4.21. The Morgan fingerprint density at radius 3 is 3.19 bits per heavy atom. The number of anilines is 1. The highest BCUT2D eigenvalue weighted by Gasteiger charge is 2.28. The van der Waals surface area contributed by atoms with Crippen LogP contribution in [0.15, 0.2) is 36.7 Å². The lowest BCUT2D eigenvalue weighted by molar-refractivity contribution is -0.117. The maximum absolute atomic E-state index is 12.6. The molecule has 0 fully saturated rings. The molecular weight excluding hydrogens is 264 g/mol. The van der Waals surface area contributed by atoms with Gasteiger partial charge in [0.25, 0.3) is 0 Å². The van der Waals surface area contributed by atoms with E-state index >= 15 is 0 Å². The van der Waals surface area contributed by atoms with Gasteiger partial charge in [-0.25, -0.2) is 0 Å². The minimum atomic E-state index is -0.110. The number of fused-ring (bicyclic) bond motifs is 2. The lowest BCUT2D eigenvalue weighted by Gasteiger charge is -2.20. The SMILES string of the molecule is O=C(Nc1c[nH]c2ccccc12)C1CCCc2[nH]ncc21. The van der Waals surface area contributed by atoms with Gasteiger partial charge in [-0.3, -0.25) is 9.89 Å². The normalized spacial score (nSPS) is 17.6. The van der Waals surface area contributed by atoms with Crippen molar-refractivity contribution in [3.63, 3.8) is 0 Å². The zero-order valence-electron chi connectivity index (χ0n) is 11.5. The second-order valence-corrected chi connectivity index (χ2v) is 5.49. The quantitative estimate of drug-likeness (QED) is 0.675. The van der Waals surface area contributed by atoms with Gasteiger partial charge in [0.1, 0.15) is 0 Å². The lowest BCUT2D eigenvalue weighted by Crippen LogP contribution is -2.24. The fourth-order valence-corrected chi connectivity index (χ4v) is 3.13. The average molecular weight is 280 g/mol. The molecule has 2 heterocycles. The van der Waals surface area contributed by atoms with Gasteiger partial charge in [0.2, 0.25) is 5.91 Å². The van der Waals surface area contributed by atoms with E-state index in [-0.39, 0.29) is 11.8 Å². The number of carbonyl (C=O) groups is 1. The third-order valence-electron chi connectivity index (χ3n) is 4.21. The maximum atomic E-state index is 12.6. The summed E-state index contributed by atoms with van der Waals surface area (Å²) in [6, 6.07) is 7.95. The van der Waals surface area contributed by atoms with Gasteiger partial charge in [-0.1, -0.05) is 18.2 Å². The largest absolute Gasteiger partial charge is 0.359 e. The van der Waals surface area contributed by atoms with Crippen LogP contribution in [0.5, 0.6) is 0 Å². The van der Waals surface area contributed by atoms with E-state index < -0.39 is 0 Å². The van der Waals surface area contributed by atoms with E-state index in [1.54, 1.807) is 6.20 Å². The van der Waals surface area contributed by atoms with E-state index in [2.05, 4.69) is 20.5 Å². The van der Waals surface area contributed by atoms with Crippen molar-refractivity contribution in [3.05, 3.63) is 47.9 Å². The van der Waals surface area contributed by atoms with Crippen LogP contribution in [0.2, 0.25) is 0 Å². The van der Waals surface area contributed by atoms with Crippen molar-refractivity contribution in [1.29, 1.82) is 0 Å². The molecule has 4 rings (SSSR count). The molecule has 5 heteroatoms. The highest BCUT2D eigenvalue weighted by atomic mass is 16.1. The van der Waals surface area contributed by atoms with Gasteiger partial charge in [0.05, 0.1) is 17.8 Å². The Balaban J connectivity index is 1.62. The van der Waals surface area contributed by atoms with Crippen LogP contribution in [0.1, 0.15) is 30.0 Å². The molecule has 5 nitrogen and oxygen atoms in total. The Morgan fingerprint density at radius 2 is 2.24 bits per heavy atom. The van der Waals surface area contributed by atoms with E-state index in [0.717, 1.165) is 47.1 Å². The molecule has 1 aromatic carbocycles. The van der Waals surface area contributed by atoms with Gasteiger partial charge < -0.3 is 10.3 Å². The molecule has 0 aliphatic heterocycles. The second kappa shape index (κ2) is 4.77. The van der Waals surface area contributed by atoms with Crippen molar-refractivity contribution >= 4 is 22.5 Å². The molecule has 1 aliphatic carbocycles. The van der Waals surface area contributed by atoms with Crippen LogP contribution in [0.4, 0.5) is 5.69 Å². The molecule has 2 aromatic heterocycles. The van der Waals surface area contributed by atoms with Crippen LogP contribution in [-0.2, 0) is 11.2 Å². The minimum absolute atomic E-state index is 0.0436. The van der Waals surface area contributed by atoms with Crippen LogP contribution >= 0.6 is 0 Å². The van der Waals surface area contributed by atoms with Crippen molar-refractivity contribution < 1.29 is 4.79 Å². The zero-order valence-corrected chi connectivity index (χ0v) is 11.5. The summed E-state index contributed by atoms with van der Waals surface area (Å²) >= 11 is 0. The van der Waals surface area contributed by atoms with Crippen molar-refractivity contribution in [2.75, 3.05) is 5.32 Å². The number of benzene rings is 1. The monoisotopic (exact) mass is 280 g/mol. The average Bonchev–Trinajstić information content (AvgIpc) is 3.14. The van der Waals surface area contributed by atoms with Crippen molar-refractivity contribution in [1.82, 2.24) is 15.2 Å². The first-order valence-corrected chi connectivity index (χ1v) is 7.22.